The minimum absolute atomic E-state index is 0.0599. The lowest BCUT2D eigenvalue weighted by atomic mass is 9.91. The van der Waals surface area contributed by atoms with E-state index < -0.39 is 35.7 Å². The zero-order valence-electron chi connectivity index (χ0n) is 14.4. The second kappa shape index (κ2) is 6.59. The maximum atomic E-state index is 14.1. The molecule has 1 saturated heterocycles. The van der Waals surface area contributed by atoms with Crippen molar-refractivity contribution < 1.29 is 18.8 Å². The lowest BCUT2D eigenvalue weighted by molar-refractivity contribution is -0.134. The smallest absolute Gasteiger partial charge is 0.319 e. The lowest BCUT2D eigenvalue weighted by Crippen LogP contribution is -2.44. The average Bonchev–Trinajstić information content (AvgIpc) is 2.86. The van der Waals surface area contributed by atoms with Crippen LogP contribution in [0.25, 0.3) is 0 Å². The summed E-state index contributed by atoms with van der Waals surface area (Å²) in [7, 11) is 1.56. The fourth-order valence-corrected chi connectivity index (χ4v) is 2.93. The number of carbonyl (C=O) groups is 3. The Bertz CT molecular complexity index is 871. The van der Waals surface area contributed by atoms with Gasteiger partial charge >= 0.3 is 6.03 Å². The molecule has 6 nitrogen and oxygen atoms in total. The summed E-state index contributed by atoms with van der Waals surface area (Å²) < 4.78 is 14.1. The van der Waals surface area contributed by atoms with Crippen LogP contribution in [0.2, 0.25) is 0 Å². The van der Waals surface area contributed by atoms with Crippen molar-refractivity contribution in [3.63, 3.8) is 0 Å². The number of nitrogens with zero attached hydrogens (tertiary/aromatic N) is 2. The number of carbonyl (C=O) groups excluding carboxylic acids is 3. The maximum Gasteiger partial charge on any atom is 0.325 e. The van der Waals surface area contributed by atoms with Crippen LogP contribution >= 0.6 is 0 Å². The molecule has 2 aromatic rings. The van der Waals surface area contributed by atoms with Gasteiger partial charge in [0.15, 0.2) is 0 Å². The molecule has 0 aromatic heterocycles. The van der Waals surface area contributed by atoms with Gasteiger partial charge in [0, 0.05) is 18.3 Å². The van der Waals surface area contributed by atoms with Crippen molar-refractivity contribution in [3.05, 3.63) is 66.0 Å². The lowest BCUT2D eigenvalue weighted by Gasteiger charge is -2.23. The third kappa shape index (κ3) is 2.92. The molecular formula is C19H18FN3O3. The van der Waals surface area contributed by atoms with E-state index in [0.717, 1.165) is 4.90 Å². The van der Waals surface area contributed by atoms with Crippen molar-refractivity contribution in [1.29, 1.82) is 0 Å². The van der Waals surface area contributed by atoms with Gasteiger partial charge in [-0.05, 0) is 25.1 Å². The van der Waals surface area contributed by atoms with Gasteiger partial charge in [-0.25, -0.2) is 9.18 Å². The number of halogens is 1. The fraction of sp³-hybridized carbons (Fsp3) is 0.211. The minimum Gasteiger partial charge on any atom is -0.319 e. The minimum atomic E-state index is -1.55. The molecule has 0 radical (unpaired) electrons. The summed E-state index contributed by atoms with van der Waals surface area (Å²) in [5, 5.41) is 2.50. The molecule has 1 atom stereocenters. The van der Waals surface area contributed by atoms with Crippen molar-refractivity contribution in [1.82, 2.24) is 10.2 Å². The molecule has 134 valence electrons. The summed E-state index contributed by atoms with van der Waals surface area (Å²) in [6.07, 6.45) is 0. The SMILES string of the molecule is CN(C(=O)CN1C(=O)N[C@@](C)(c2ccccc2F)C1=O)c1ccccc1. The Morgan fingerprint density at radius 3 is 2.38 bits per heavy atom. The van der Waals surface area contributed by atoms with Crippen LogP contribution < -0.4 is 10.2 Å². The Hall–Kier alpha value is -3.22. The van der Waals surface area contributed by atoms with Crippen molar-refractivity contribution in [3.8, 4) is 0 Å². The molecule has 2 aromatic carbocycles. The molecule has 7 heteroatoms. The number of rotatable bonds is 4. The van der Waals surface area contributed by atoms with Gasteiger partial charge in [0.1, 0.15) is 17.9 Å². The molecule has 3 rings (SSSR count). The normalized spacial score (nSPS) is 19.4. The highest BCUT2D eigenvalue weighted by Gasteiger charge is 2.50. The summed E-state index contributed by atoms with van der Waals surface area (Å²) in [6.45, 7) is 0.997. The summed E-state index contributed by atoms with van der Waals surface area (Å²) >= 11 is 0. The average molecular weight is 355 g/mol. The highest BCUT2D eigenvalue weighted by atomic mass is 19.1. The van der Waals surface area contributed by atoms with E-state index in [0.29, 0.717) is 5.69 Å². The standard InChI is InChI=1S/C19H18FN3O3/c1-19(14-10-6-7-11-15(14)20)17(25)23(18(26)21-19)12-16(24)22(2)13-8-4-3-5-9-13/h3-11H,12H2,1-2H3,(H,21,26)/t19-/m0/s1. The molecule has 0 aliphatic carbocycles. The van der Waals surface area contributed by atoms with E-state index in [1.807, 2.05) is 6.07 Å². The number of amides is 4. The highest BCUT2D eigenvalue weighted by Crippen LogP contribution is 2.30. The number of hydrogen-bond donors (Lipinski definition) is 1. The number of urea groups is 1. The van der Waals surface area contributed by atoms with Crippen LogP contribution in [0.5, 0.6) is 0 Å². The van der Waals surface area contributed by atoms with Crippen LogP contribution in [0.3, 0.4) is 0 Å². The van der Waals surface area contributed by atoms with E-state index in [-0.39, 0.29) is 5.56 Å². The third-order valence-electron chi connectivity index (χ3n) is 4.50. The Morgan fingerprint density at radius 1 is 1.12 bits per heavy atom. The van der Waals surface area contributed by atoms with Gasteiger partial charge in [0.2, 0.25) is 5.91 Å². The predicted molar refractivity (Wildman–Crippen MR) is 93.8 cm³/mol. The van der Waals surface area contributed by atoms with Crippen LogP contribution in [0.4, 0.5) is 14.9 Å². The van der Waals surface area contributed by atoms with Crippen LogP contribution in [0, 0.1) is 5.82 Å². The van der Waals surface area contributed by atoms with E-state index >= 15 is 0 Å². The zero-order chi connectivity index (χ0) is 18.9. The highest BCUT2D eigenvalue weighted by molar-refractivity contribution is 6.10. The van der Waals surface area contributed by atoms with Gasteiger partial charge in [0.05, 0.1) is 0 Å². The predicted octanol–water partition coefficient (Wildman–Crippen LogP) is 2.26. The molecule has 0 spiro atoms. The van der Waals surface area contributed by atoms with E-state index in [2.05, 4.69) is 5.32 Å². The molecule has 1 N–H and O–H groups in total. The number of likely N-dealkylation sites (N-methyl/N-ethyl adjacent to an activating group) is 1. The first-order valence-electron chi connectivity index (χ1n) is 8.05. The van der Waals surface area contributed by atoms with Gasteiger partial charge in [0.25, 0.3) is 5.91 Å². The number of hydrogen-bond acceptors (Lipinski definition) is 3. The first-order valence-corrected chi connectivity index (χ1v) is 8.05. The van der Waals surface area contributed by atoms with Crippen LogP contribution in [-0.2, 0) is 15.1 Å². The fourth-order valence-electron chi connectivity index (χ4n) is 2.93. The molecule has 1 heterocycles. The number of para-hydroxylation sites is 1. The number of imide groups is 1. The second-order valence-corrected chi connectivity index (χ2v) is 6.21. The molecule has 1 fully saturated rings. The molecule has 0 saturated carbocycles. The number of anilines is 1. The van der Waals surface area contributed by atoms with Crippen molar-refractivity contribution in [2.75, 3.05) is 18.5 Å². The van der Waals surface area contributed by atoms with Gasteiger partial charge in [-0.15, -0.1) is 0 Å². The van der Waals surface area contributed by atoms with E-state index in [1.54, 1.807) is 37.4 Å². The largest absolute Gasteiger partial charge is 0.325 e. The van der Waals surface area contributed by atoms with Gasteiger partial charge < -0.3 is 10.2 Å². The quantitative estimate of drug-likeness (QED) is 0.856. The summed E-state index contributed by atoms with van der Waals surface area (Å²) in [6, 6.07) is 13.9. The first kappa shape index (κ1) is 17.6. The van der Waals surface area contributed by atoms with E-state index in [9.17, 15) is 18.8 Å². The van der Waals surface area contributed by atoms with Crippen LogP contribution in [0.1, 0.15) is 12.5 Å². The van der Waals surface area contributed by atoms with E-state index in [1.165, 1.54) is 30.0 Å². The zero-order valence-corrected chi connectivity index (χ0v) is 14.4. The van der Waals surface area contributed by atoms with Crippen molar-refractivity contribution >= 4 is 23.5 Å². The van der Waals surface area contributed by atoms with Crippen LogP contribution in [-0.4, -0.2) is 36.3 Å². The molecular weight excluding hydrogens is 337 g/mol. The Balaban J connectivity index is 1.82. The van der Waals surface area contributed by atoms with Gasteiger partial charge in [-0.1, -0.05) is 36.4 Å². The summed E-state index contributed by atoms with van der Waals surface area (Å²) in [5.74, 6) is -1.70. The topological polar surface area (TPSA) is 69.7 Å². The van der Waals surface area contributed by atoms with Crippen LogP contribution in [0.15, 0.2) is 54.6 Å². The molecule has 26 heavy (non-hydrogen) atoms. The Kier molecular flexibility index (Phi) is 4.46. The van der Waals surface area contributed by atoms with Crippen molar-refractivity contribution in [2.24, 2.45) is 0 Å². The van der Waals surface area contributed by atoms with E-state index in [4.69, 9.17) is 0 Å². The summed E-state index contributed by atoms with van der Waals surface area (Å²) in [4.78, 5) is 39.7. The number of nitrogens with one attached hydrogen (secondary N) is 1. The number of benzene rings is 2. The molecule has 0 unspecified atom stereocenters. The Morgan fingerprint density at radius 2 is 1.73 bits per heavy atom. The monoisotopic (exact) mass is 355 g/mol. The molecule has 4 amide bonds. The first-order chi connectivity index (χ1) is 12.3. The van der Waals surface area contributed by atoms with Crippen molar-refractivity contribution in [2.45, 2.75) is 12.5 Å². The Labute approximate surface area is 150 Å². The second-order valence-electron chi connectivity index (χ2n) is 6.21. The molecule has 0 bridgehead atoms. The van der Waals surface area contributed by atoms with Gasteiger partial charge in [-0.2, -0.15) is 0 Å². The third-order valence-corrected chi connectivity index (χ3v) is 4.50. The summed E-state index contributed by atoms with van der Waals surface area (Å²) in [5.41, 5.74) is -0.847. The maximum absolute atomic E-state index is 14.1. The van der Waals surface area contributed by atoms with Gasteiger partial charge in [-0.3, -0.25) is 14.5 Å². The molecule has 1 aliphatic rings. The molecule has 1 aliphatic heterocycles.